The molecule has 1 unspecified atom stereocenters. The Morgan fingerprint density at radius 1 is 1.14 bits per heavy atom. The van der Waals surface area contributed by atoms with Gasteiger partial charge in [0.15, 0.2) is 0 Å². The van der Waals surface area contributed by atoms with E-state index in [4.69, 9.17) is 0 Å². The van der Waals surface area contributed by atoms with Crippen LogP contribution < -0.4 is 10.6 Å². The van der Waals surface area contributed by atoms with Gasteiger partial charge in [0.25, 0.3) is 0 Å². The first-order valence-corrected chi connectivity index (χ1v) is 8.58. The average molecular weight is 290 g/mol. The van der Waals surface area contributed by atoms with Crippen LogP contribution in [0.2, 0.25) is 0 Å². The molecule has 1 fully saturated rings. The van der Waals surface area contributed by atoms with Gasteiger partial charge in [0.05, 0.1) is 0 Å². The van der Waals surface area contributed by atoms with Crippen molar-refractivity contribution in [1.29, 1.82) is 0 Å². The lowest BCUT2D eigenvalue weighted by Gasteiger charge is -2.31. The summed E-state index contributed by atoms with van der Waals surface area (Å²) in [5.41, 5.74) is 1.14. The molecule has 118 valence electrons. The molecule has 1 aromatic rings. The Bertz CT molecular complexity index is 427. The molecule has 1 aromatic heterocycles. The number of rotatable bonds is 7. The summed E-state index contributed by atoms with van der Waals surface area (Å²) in [6.45, 7) is 7.50. The van der Waals surface area contributed by atoms with E-state index in [1.807, 2.05) is 0 Å². The topological polar surface area (TPSA) is 49.8 Å². The quantitative estimate of drug-likeness (QED) is 0.782. The number of hydrogen-bond acceptors (Lipinski definition) is 4. The first-order valence-electron chi connectivity index (χ1n) is 8.58. The van der Waals surface area contributed by atoms with Gasteiger partial charge >= 0.3 is 0 Å². The van der Waals surface area contributed by atoms with E-state index in [0.29, 0.717) is 6.04 Å². The summed E-state index contributed by atoms with van der Waals surface area (Å²) < 4.78 is 0. The van der Waals surface area contributed by atoms with Crippen LogP contribution in [0.25, 0.3) is 0 Å². The number of aromatic nitrogens is 2. The molecule has 1 aliphatic carbocycles. The smallest absolute Gasteiger partial charge is 0.134 e. The highest BCUT2D eigenvalue weighted by atomic mass is 15.1. The van der Waals surface area contributed by atoms with Gasteiger partial charge in [-0.15, -0.1) is 0 Å². The van der Waals surface area contributed by atoms with E-state index in [9.17, 15) is 0 Å². The molecular weight excluding hydrogens is 260 g/mol. The highest BCUT2D eigenvalue weighted by molar-refractivity contribution is 5.56. The molecule has 0 spiro atoms. The maximum atomic E-state index is 4.47. The van der Waals surface area contributed by atoms with Crippen molar-refractivity contribution in [3.05, 3.63) is 11.9 Å². The van der Waals surface area contributed by atoms with Gasteiger partial charge in [0.2, 0.25) is 0 Å². The molecule has 1 heterocycles. The largest absolute Gasteiger partial charge is 0.370 e. The molecule has 2 N–H and O–H groups in total. The van der Waals surface area contributed by atoms with Gasteiger partial charge in [-0.25, -0.2) is 9.97 Å². The molecule has 0 aromatic carbocycles. The highest BCUT2D eigenvalue weighted by Crippen LogP contribution is 2.30. The molecule has 0 saturated heterocycles. The van der Waals surface area contributed by atoms with Crippen LogP contribution in [0.1, 0.15) is 64.4 Å². The van der Waals surface area contributed by atoms with Crippen LogP contribution in [0, 0.1) is 12.8 Å². The van der Waals surface area contributed by atoms with Crippen LogP contribution in [0.4, 0.5) is 11.6 Å². The van der Waals surface area contributed by atoms with Gasteiger partial charge in [-0.05, 0) is 38.5 Å². The number of nitrogens with one attached hydrogen (secondary N) is 2. The second-order valence-electron chi connectivity index (χ2n) is 6.18. The number of hydrogen-bond donors (Lipinski definition) is 2. The summed E-state index contributed by atoms with van der Waals surface area (Å²) in [6.07, 6.45) is 10.8. The summed E-state index contributed by atoms with van der Waals surface area (Å²) in [4.78, 5) is 8.83. The van der Waals surface area contributed by atoms with Gasteiger partial charge in [-0.3, -0.25) is 0 Å². The molecule has 1 saturated carbocycles. The molecule has 2 rings (SSSR count). The molecule has 1 aliphatic rings. The van der Waals surface area contributed by atoms with E-state index in [-0.39, 0.29) is 0 Å². The van der Waals surface area contributed by atoms with Crippen molar-refractivity contribution in [2.45, 2.75) is 71.8 Å². The predicted molar refractivity (Wildman–Crippen MR) is 89.8 cm³/mol. The Morgan fingerprint density at radius 2 is 1.86 bits per heavy atom. The van der Waals surface area contributed by atoms with E-state index in [1.165, 1.54) is 32.1 Å². The monoisotopic (exact) mass is 290 g/mol. The minimum atomic E-state index is 0.540. The fourth-order valence-electron chi connectivity index (χ4n) is 3.28. The standard InChI is InChI=1S/C17H30N4/c1-4-11-18-16-13(3)17(20-12-19-16)21-15(5-2)14-9-7-6-8-10-14/h12,14-15H,4-11H2,1-3H3,(H2,18,19,20,21). The average Bonchev–Trinajstić information content (AvgIpc) is 2.53. The van der Waals surface area contributed by atoms with E-state index >= 15 is 0 Å². The highest BCUT2D eigenvalue weighted by Gasteiger charge is 2.23. The van der Waals surface area contributed by atoms with Crippen LogP contribution >= 0.6 is 0 Å². The van der Waals surface area contributed by atoms with Crippen molar-refractivity contribution in [2.24, 2.45) is 5.92 Å². The van der Waals surface area contributed by atoms with E-state index in [1.54, 1.807) is 6.33 Å². The fraction of sp³-hybridized carbons (Fsp3) is 0.765. The second kappa shape index (κ2) is 8.20. The Kier molecular flexibility index (Phi) is 6.27. The maximum absolute atomic E-state index is 4.47. The summed E-state index contributed by atoms with van der Waals surface area (Å²) in [5.74, 6) is 2.76. The zero-order chi connectivity index (χ0) is 15.1. The third-order valence-corrected chi connectivity index (χ3v) is 4.61. The SMILES string of the molecule is CCCNc1ncnc(NC(CC)C2CCCCC2)c1C. The fourth-order valence-corrected chi connectivity index (χ4v) is 3.28. The van der Waals surface area contributed by atoms with Crippen LogP contribution in [0.15, 0.2) is 6.33 Å². The molecule has 4 nitrogen and oxygen atoms in total. The van der Waals surface area contributed by atoms with Crippen LogP contribution in [-0.2, 0) is 0 Å². The minimum absolute atomic E-state index is 0.540. The molecular formula is C17H30N4. The Balaban J connectivity index is 2.06. The van der Waals surface area contributed by atoms with Crippen molar-refractivity contribution in [3.8, 4) is 0 Å². The Morgan fingerprint density at radius 3 is 2.52 bits per heavy atom. The van der Waals surface area contributed by atoms with Crippen molar-refractivity contribution in [2.75, 3.05) is 17.2 Å². The second-order valence-corrected chi connectivity index (χ2v) is 6.18. The third kappa shape index (κ3) is 4.32. The lowest BCUT2D eigenvalue weighted by Crippen LogP contribution is -2.31. The zero-order valence-corrected chi connectivity index (χ0v) is 13.8. The van der Waals surface area contributed by atoms with E-state index in [2.05, 4.69) is 41.4 Å². The molecule has 1 atom stereocenters. The van der Waals surface area contributed by atoms with Crippen molar-refractivity contribution in [1.82, 2.24) is 9.97 Å². The van der Waals surface area contributed by atoms with Crippen LogP contribution in [0.3, 0.4) is 0 Å². The first kappa shape index (κ1) is 16.1. The maximum Gasteiger partial charge on any atom is 0.134 e. The lowest BCUT2D eigenvalue weighted by molar-refractivity contribution is 0.312. The van der Waals surface area contributed by atoms with Gasteiger partial charge < -0.3 is 10.6 Å². The normalized spacial score (nSPS) is 17.5. The Labute approximate surface area is 129 Å². The van der Waals surface area contributed by atoms with Crippen molar-refractivity contribution >= 4 is 11.6 Å². The molecule has 4 heteroatoms. The molecule has 0 aliphatic heterocycles. The molecule has 0 amide bonds. The first-order chi connectivity index (χ1) is 10.3. The molecule has 0 radical (unpaired) electrons. The van der Waals surface area contributed by atoms with Crippen LogP contribution in [-0.4, -0.2) is 22.6 Å². The van der Waals surface area contributed by atoms with Gasteiger partial charge in [-0.1, -0.05) is 33.1 Å². The summed E-state index contributed by atoms with van der Waals surface area (Å²) >= 11 is 0. The summed E-state index contributed by atoms with van der Waals surface area (Å²) in [7, 11) is 0. The molecule has 21 heavy (non-hydrogen) atoms. The third-order valence-electron chi connectivity index (χ3n) is 4.61. The van der Waals surface area contributed by atoms with Crippen molar-refractivity contribution < 1.29 is 0 Å². The molecule has 0 bridgehead atoms. The van der Waals surface area contributed by atoms with Crippen LogP contribution in [0.5, 0.6) is 0 Å². The summed E-state index contributed by atoms with van der Waals surface area (Å²) in [6, 6.07) is 0.540. The van der Waals surface area contributed by atoms with E-state index < -0.39 is 0 Å². The Hall–Kier alpha value is -1.32. The predicted octanol–water partition coefficient (Wildman–Crippen LogP) is 4.38. The number of anilines is 2. The van der Waals surface area contributed by atoms with Gasteiger partial charge in [0, 0.05) is 18.2 Å². The van der Waals surface area contributed by atoms with E-state index in [0.717, 1.165) is 42.5 Å². The minimum Gasteiger partial charge on any atom is -0.370 e. The van der Waals surface area contributed by atoms with Gasteiger partial charge in [0.1, 0.15) is 18.0 Å². The van der Waals surface area contributed by atoms with Gasteiger partial charge in [-0.2, -0.15) is 0 Å². The lowest BCUT2D eigenvalue weighted by atomic mass is 9.83. The van der Waals surface area contributed by atoms with Crippen molar-refractivity contribution in [3.63, 3.8) is 0 Å². The zero-order valence-electron chi connectivity index (χ0n) is 13.8. The number of nitrogens with zero attached hydrogens (tertiary/aromatic N) is 2. The summed E-state index contributed by atoms with van der Waals surface area (Å²) in [5, 5.41) is 7.08.